The number of aromatic nitrogens is 3. The number of nitrogens with one attached hydrogen (secondary N) is 3. The largest absolute Gasteiger partial charge is 0.316 e. The zero-order chi connectivity index (χ0) is 18.1. The van der Waals surface area contributed by atoms with E-state index in [9.17, 15) is 0 Å². The van der Waals surface area contributed by atoms with Crippen molar-refractivity contribution in [1.82, 2.24) is 30.8 Å². The van der Waals surface area contributed by atoms with Crippen molar-refractivity contribution in [2.75, 3.05) is 19.6 Å². The molecule has 2 unspecified atom stereocenters. The van der Waals surface area contributed by atoms with Gasteiger partial charge in [-0.05, 0) is 37.5 Å². The van der Waals surface area contributed by atoms with Crippen molar-refractivity contribution in [3.63, 3.8) is 0 Å². The summed E-state index contributed by atoms with van der Waals surface area (Å²) in [5, 5.41) is 9.07. The zero-order valence-corrected chi connectivity index (χ0v) is 16.4. The van der Waals surface area contributed by atoms with E-state index in [0.29, 0.717) is 12.0 Å². The number of aryl methyl sites for hydroxylation is 3. The van der Waals surface area contributed by atoms with Crippen LogP contribution in [0.4, 0.5) is 0 Å². The summed E-state index contributed by atoms with van der Waals surface area (Å²) < 4.78 is 1.88. The number of benzene rings is 1. The van der Waals surface area contributed by atoms with Gasteiger partial charge in [0, 0.05) is 32.0 Å². The number of hydrogen-bond donors (Lipinski definition) is 3. The molecule has 1 fully saturated rings. The van der Waals surface area contributed by atoms with E-state index in [0.717, 1.165) is 41.7 Å². The van der Waals surface area contributed by atoms with Gasteiger partial charge >= 0.3 is 0 Å². The summed E-state index contributed by atoms with van der Waals surface area (Å²) in [6, 6.07) is 7.12. The molecule has 0 bridgehead atoms. The van der Waals surface area contributed by atoms with E-state index in [4.69, 9.17) is 0 Å². The van der Waals surface area contributed by atoms with Gasteiger partial charge in [0.1, 0.15) is 5.01 Å². The minimum atomic E-state index is 0.354. The van der Waals surface area contributed by atoms with Gasteiger partial charge in [-0.25, -0.2) is 14.9 Å². The van der Waals surface area contributed by atoms with Crippen LogP contribution in [0.2, 0.25) is 0 Å². The van der Waals surface area contributed by atoms with Gasteiger partial charge in [0.2, 0.25) is 4.96 Å². The molecule has 0 radical (unpaired) electrons. The van der Waals surface area contributed by atoms with E-state index in [1.54, 1.807) is 11.3 Å². The number of imidazole rings is 1. The first-order valence-electron chi connectivity index (χ1n) is 9.18. The van der Waals surface area contributed by atoms with Crippen molar-refractivity contribution in [3.05, 3.63) is 51.8 Å². The van der Waals surface area contributed by atoms with Gasteiger partial charge in [0.05, 0.1) is 17.9 Å². The molecule has 138 valence electrons. The normalized spacial score (nSPS) is 20.3. The molecule has 0 aliphatic carbocycles. The lowest BCUT2D eigenvalue weighted by Gasteiger charge is -2.20. The standard InChI is InChI=1S/C19H26N6S/c1-12-4-5-15(8-13(12)2)18-16(10-21-23-18)9-20-7-6-17-11-25-19(22-17)26-14(3)24-25/h4-5,8,11,16,18,20-21,23H,6-7,9-10H2,1-3H3. The van der Waals surface area contributed by atoms with Crippen LogP contribution in [0.3, 0.4) is 0 Å². The Balaban J connectivity index is 1.30. The molecule has 6 nitrogen and oxygen atoms in total. The monoisotopic (exact) mass is 370 g/mol. The minimum Gasteiger partial charge on any atom is -0.316 e. The number of nitrogens with zero attached hydrogens (tertiary/aromatic N) is 3. The second kappa shape index (κ2) is 7.44. The van der Waals surface area contributed by atoms with E-state index < -0.39 is 0 Å². The van der Waals surface area contributed by atoms with E-state index in [1.165, 1.54) is 16.7 Å². The average molecular weight is 371 g/mol. The second-order valence-corrected chi connectivity index (χ2v) is 8.30. The van der Waals surface area contributed by atoms with Crippen molar-refractivity contribution in [2.45, 2.75) is 33.2 Å². The summed E-state index contributed by atoms with van der Waals surface area (Å²) in [5.41, 5.74) is 11.9. The van der Waals surface area contributed by atoms with Crippen LogP contribution in [0.25, 0.3) is 4.96 Å². The lowest BCUT2D eigenvalue weighted by atomic mass is 9.92. The highest BCUT2D eigenvalue weighted by Crippen LogP contribution is 2.26. The Morgan fingerprint density at radius 2 is 2.15 bits per heavy atom. The Hall–Kier alpha value is -1.80. The maximum Gasteiger partial charge on any atom is 0.212 e. The molecular formula is C19H26N6S. The first kappa shape index (κ1) is 17.6. The van der Waals surface area contributed by atoms with Gasteiger partial charge in [-0.15, -0.1) is 0 Å². The molecule has 0 spiro atoms. The van der Waals surface area contributed by atoms with E-state index in [-0.39, 0.29) is 0 Å². The third-order valence-electron chi connectivity index (χ3n) is 5.14. The van der Waals surface area contributed by atoms with Crippen molar-refractivity contribution in [2.24, 2.45) is 5.92 Å². The van der Waals surface area contributed by atoms with Crippen molar-refractivity contribution < 1.29 is 0 Å². The summed E-state index contributed by atoms with van der Waals surface area (Å²) in [6.07, 6.45) is 2.97. The van der Waals surface area contributed by atoms with E-state index >= 15 is 0 Å². The van der Waals surface area contributed by atoms with Crippen LogP contribution in [0.1, 0.15) is 33.4 Å². The maximum absolute atomic E-state index is 4.64. The van der Waals surface area contributed by atoms with Gasteiger partial charge in [-0.2, -0.15) is 5.10 Å². The van der Waals surface area contributed by atoms with Crippen LogP contribution in [0.5, 0.6) is 0 Å². The predicted molar refractivity (Wildman–Crippen MR) is 105 cm³/mol. The summed E-state index contributed by atoms with van der Waals surface area (Å²) in [4.78, 5) is 5.62. The molecule has 1 aliphatic rings. The maximum atomic E-state index is 4.64. The van der Waals surface area contributed by atoms with Crippen LogP contribution in [0.15, 0.2) is 24.4 Å². The molecule has 1 aliphatic heterocycles. The number of hydrazine groups is 1. The van der Waals surface area contributed by atoms with Gasteiger partial charge in [-0.1, -0.05) is 29.5 Å². The smallest absolute Gasteiger partial charge is 0.212 e. The van der Waals surface area contributed by atoms with Gasteiger partial charge in [0.15, 0.2) is 0 Å². The summed E-state index contributed by atoms with van der Waals surface area (Å²) in [6.45, 7) is 9.25. The molecule has 26 heavy (non-hydrogen) atoms. The Labute approximate surface area is 158 Å². The Morgan fingerprint density at radius 1 is 1.27 bits per heavy atom. The third kappa shape index (κ3) is 3.66. The molecule has 0 amide bonds. The lowest BCUT2D eigenvalue weighted by Crippen LogP contribution is -2.30. The van der Waals surface area contributed by atoms with E-state index in [2.05, 4.69) is 58.3 Å². The number of rotatable bonds is 6. The molecule has 4 rings (SSSR count). The fourth-order valence-corrected chi connectivity index (χ4v) is 4.25. The van der Waals surface area contributed by atoms with Crippen molar-refractivity contribution in [1.29, 1.82) is 0 Å². The fourth-order valence-electron chi connectivity index (χ4n) is 3.51. The summed E-state index contributed by atoms with van der Waals surface area (Å²) >= 11 is 1.64. The average Bonchev–Trinajstić information content (AvgIpc) is 3.28. The first-order valence-corrected chi connectivity index (χ1v) is 10.00. The zero-order valence-electron chi connectivity index (χ0n) is 15.5. The Kier molecular flexibility index (Phi) is 5.04. The fraction of sp³-hybridized carbons (Fsp3) is 0.474. The van der Waals surface area contributed by atoms with Crippen LogP contribution in [0, 0.1) is 26.7 Å². The van der Waals surface area contributed by atoms with Crippen molar-refractivity contribution >= 4 is 16.3 Å². The molecule has 3 N–H and O–H groups in total. The molecule has 0 saturated carbocycles. The van der Waals surface area contributed by atoms with Crippen LogP contribution < -0.4 is 16.2 Å². The number of fused-ring (bicyclic) bond motifs is 1. The lowest BCUT2D eigenvalue weighted by molar-refractivity contribution is 0.443. The second-order valence-electron chi connectivity index (χ2n) is 7.14. The summed E-state index contributed by atoms with van der Waals surface area (Å²) in [7, 11) is 0. The van der Waals surface area contributed by atoms with Crippen LogP contribution >= 0.6 is 11.3 Å². The molecule has 7 heteroatoms. The minimum absolute atomic E-state index is 0.354. The first-order chi connectivity index (χ1) is 12.6. The number of hydrogen-bond acceptors (Lipinski definition) is 6. The Bertz CT molecular complexity index is 867. The molecule has 1 aromatic carbocycles. The van der Waals surface area contributed by atoms with E-state index in [1.807, 2.05) is 17.6 Å². The molecule has 3 heterocycles. The SMILES string of the molecule is Cc1nn2cc(CCNCC3CNNC3c3ccc(C)c(C)c3)nc2s1. The molecule has 2 atom stereocenters. The van der Waals surface area contributed by atoms with Crippen LogP contribution in [-0.4, -0.2) is 34.2 Å². The highest BCUT2D eigenvalue weighted by atomic mass is 32.1. The molecule has 3 aromatic rings. The Morgan fingerprint density at radius 3 is 2.96 bits per heavy atom. The molecule has 1 saturated heterocycles. The highest BCUT2D eigenvalue weighted by molar-refractivity contribution is 7.16. The third-order valence-corrected chi connectivity index (χ3v) is 5.98. The van der Waals surface area contributed by atoms with Crippen molar-refractivity contribution in [3.8, 4) is 0 Å². The highest BCUT2D eigenvalue weighted by Gasteiger charge is 2.27. The molecular weight excluding hydrogens is 344 g/mol. The van der Waals surface area contributed by atoms with Crippen LogP contribution in [-0.2, 0) is 6.42 Å². The van der Waals surface area contributed by atoms with Gasteiger partial charge in [0.25, 0.3) is 0 Å². The quantitative estimate of drug-likeness (QED) is 0.581. The topological polar surface area (TPSA) is 66.3 Å². The predicted octanol–water partition coefficient (Wildman–Crippen LogP) is 2.31. The summed E-state index contributed by atoms with van der Waals surface area (Å²) in [5.74, 6) is 0.534. The molecule has 2 aromatic heterocycles. The van der Waals surface area contributed by atoms with Gasteiger partial charge in [-0.3, -0.25) is 5.43 Å². The van der Waals surface area contributed by atoms with Gasteiger partial charge < -0.3 is 5.32 Å².